The first-order valence-corrected chi connectivity index (χ1v) is 9.11. The third-order valence-corrected chi connectivity index (χ3v) is 5.38. The van der Waals surface area contributed by atoms with Gasteiger partial charge in [-0.15, -0.1) is 5.10 Å². The van der Waals surface area contributed by atoms with E-state index in [0.29, 0.717) is 5.82 Å². The molecule has 3 atom stereocenters. The van der Waals surface area contributed by atoms with Crippen molar-refractivity contribution in [3.05, 3.63) is 65.4 Å². The van der Waals surface area contributed by atoms with E-state index < -0.39 is 12.1 Å². The Kier molecular flexibility index (Phi) is 3.80. The number of aromatic amines is 1. The fourth-order valence-corrected chi connectivity index (χ4v) is 4.06. The van der Waals surface area contributed by atoms with E-state index in [1.165, 1.54) is 0 Å². The van der Waals surface area contributed by atoms with Crippen molar-refractivity contribution in [2.45, 2.75) is 25.1 Å². The van der Waals surface area contributed by atoms with Gasteiger partial charge >= 0.3 is 0 Å². The van der Waals surface area contributed by atoms with E-state index in [0.717, 1.165) is 33.6 Å². The Morgan fingerprint density at radius 1 is 1.11 bits per heavy atom. The minimum atomic E-state index is -0.824. The van der Waals surface area contributed by atoms with Gasteiger partial charge in [-0.05, 0) is 25.1 Å². The Morgan fingerprint density at radius 2 is 1.89 bits per heavy atom. The second-order valence-electron chi connectivity index (χ2n) is 6.93. The number of aliphatic hydroxyl groups excluding tert-OH is 1. The van der Waals surface area contributed by atoms with Crippen LogP contribution in [-0.2, 0) is 0 Å². The highest BCUT2D eigenvalue weighted by atomic mass is 16.5. The van der Waals surface area contributed by atoms with Crippen molar-refractivity contribution in [1.82, 2.24) is 25.2 Å². The van der Waals surface area contributed by atoms with Gasteiger partial charge in [0, 0.05) is 16.8 Å². The fourth-order valence-electron chi connectivity index (χ4n) is 4.06. The van der Waals surface area contributed by atoms with Crippen molar-refractivity contribution >= 4 is 16.9 Å². The maximum Gasteiger partial charge on any atom is 0.154 e. The maximum atomic E-state index is 11.4. The van der Waals surface area contributed by atoms with Gasteiger partial charge in [0.05, 0.1) is 18.7 Å². The van der Waals surface area contributed by atoms with Crippen LogP contribution in [0.1, 0.15) is 35.0 Å². The van der Waals surface area contributed by atoms with Crippen LogP contribution < -0.4 is 10.1 Å². The molecule has 0 bridgehead atoms. The summed E-state index contributed by atoms with van der Waals surface area (Å²) < 4.78 is 7.38. The normalized spacial score (nSPS) is 21.3. The van der Waals surface area contributed by atoms with E-state index in [4.69, 9.17) is 4.74 Å². The molecular formula is C20H20N6O2. The fraction of sp³-hybridized carbons (Fsp3) is 0.250. The summed E-state index contributed by atoms with van der Waals surface area (Å²) in [4.78, 5) is 0. The molecule has 2 aromatic carbocycles. The van der Waals surface area contributed by atoms with Crippen LogP contribution in [0.5, 0.6) is 5.75 Å². The third-order valence-electron chi connectivity index (χ3n) is 5.38. The van der Waals surface area contributed by atoms with Gasteiger partial charge in [-0.3, -0.25) is 5.10 Å². The molecule has 0 saturated heterocycles. The molecule has 0 aliphatic carbocycles. The lowest BCUT2D eigenvalue weighted by molar-refractivity contribution is 0.0896. The highest BCUT2D eigenvalue weighted by molar-refractivity contribution is 5.74. The van der Waals surface area contributed by atoms with Gasteiger partial charge in [-0.2, -0.15) is 5.10 Å². The topological polar surface area (TPSA) is 101 Å². The van der Waals surface area contributed by atoms with Gasteiger partial charge < -0.3 is 15.2 Å². The van der Waals surface area contributed by atoms with Crippen molar-refractivity contribution < 1.29 is 9.84 Å². The lowest BCUT2D eigenvalue weighted by Crippen LogP contribution is -2.34. The number of benzene rings is 2. The lowest BCUT2D eigenvalue weighted by atomic mass is 9.87. The molecule has 0 saturated carbocycles. The molecule has 1 aliphatic rings. The van der Waals surface area contributed by atoms with E-state index in [2.05, 4.69) is 25.8 Å². The minimum absolute atomic E-state index is 0.313. The number of H-pyrrole nitrogens is 1. The molecule has 4 aromatic rings. The number of ether oxygens (including phenoxy) is 1. The number of para-hydroxylation sites is 2. The summed E-state index contributed by atoms with van der Waals surface area (Å²) in [5.41, 5.74) is 4.12. The number of fused-ring (bicyclic) bond motifs is 2. The van der Waals surface area contributed by atoms with Gasteiger partial charge in [0.2, 0.25) is 0 Å². The first kappa shape index (κ1) is 16.8. The summed E-state index contributed by atoms with van der Waals surface area (Å²) in [6.45, 7) is 1.90. The van der Waals surface area contributed by atoms with Crippen LogP contribution in [0, 0.1) is 6.92 Å². The van der Waals surface area contributed by atoms with Gasteiger partial charge in [-0.1, -0.05) is 35.5 Å². The molecule has 1 aliphatic heterocycles. The number of aryl methyl sites for hydroxylation is 1. The zero-order valence-electron chi connectivity index (χ0n) is 15.5. The van der Waals surface area contributed by atoms with Crippen LogP contribution in [0.25, 0.3) is 11.0 Å². The number of anilines is 1. The SMILES string of the molecule is COc1ccccc1[C@H]1Nc2n[nH]c(C)c2[C@@H](O)[C@@H]1n1nnc2ccccc21. The average Bonchev–Trinajstić information content (AvgIpc) is 3.32. The van der Waals surface area contributed by atoms with Gasteiger partial charge in [0.25, 0.3) is 0 Å². The third kappa shape index (κ3) is 2.38. The summed E-state index contributed by atoms with van der Waals surface area (Å²) >= 11 is 0. The van der Waals surface area contributed by atoms with Crippen LogP contribution in [0.2, 0.25) is 0 Å². The number of rotatable bonds is 3. The molecule has 0 amide bonds. The smallest absolute Gasteiger partial charge is 0.154 e. The van der Waals surface area contributed by atoms with Crippen molar-refractivity contribution in [3.8, 4) is 5.75 Å². The van der Waals surface area contributed by atoms with Crippen molar-refractivity contribution in [2.75, 3.05) is 12.4 Å². The first-order chi connectivity index (χ1) is 13.7. The van der Waals surface area contributed by atoms with E-state index in [1.807, 2.05) is 55.5 Å². The maximum absolute atomic E-state index is 11.4. The van der Waals surface area contributed by atoms with Crippen LogP contribution in [0.4, 0.5) is 5.82 Å². The van der Waals surface area contributed by atoms with Crippen LogP contribution >= 0.6 is 0 Å². The summed E-state index contributed by atoms with van der Waals surface area (Å²) in [6.07, 6.45) is -0.824. The van der Waals surface area contributed by atoms with Crippen LogP contribution in [0.3, 0.4) is 0 Å². The Morgan fingerprint density at radius 3 is 2.75 bits per heavy atom. The van der Waals surface area contributed by atoms with Crippen LogP contribution in [-0.4, -0.2) is 37.4 Å². The molecule has 0 fully saturated rings. The second kappa shape index (κ2) is 6.35. The molecule has 8 heteroatoms. The Labute approximate surface area is 161 Å². The number of nitrogens with one attached hydrogen (secondary N) is 2. The number of hydrogen-bond donors (Lipinski definition) is 3. The molecule has 142 valence electrons. The highest BCUT2D eigenvalue weighted by Gasteiger charge is 2.42. The largest absolute Gasteiger partial charge is 0.496 e. The zero-order valence-corrected chi connectivity index (χ0v) is 15.5. The molecule has 8 nitrogen and oxygen atoms in total. The summed E-state index contributed by atoms with van der Waals surface area (Å²) in [5.74, 6) is 1.37. The lowest BCUT2D eigenvalue weighted by Gasteiger charge is -2.37. The Bertz CT molecular complexity index is 1150. The molecule has 0 radical (unpaired) electrons. The quantitative estimate of drug-likeness (QED) is 0.508. The molecule has 5 rings (SSSR count). The zero-order chi connectivity index (χ0) is 19.3. The second-order valence-corrected chi connectivity index (χ2v) is 6.93. The van der Waals surface area contributed by atoms with Crippen molar-refractivity contribution in [3.63, 3.8) is 0 Å². The number of aromatic nitrogens is 5. The predicted octanol–water partition coefficient (Wildman–Crippen LogP) is 2.91. The summed E-state index contributed by atoms with van der Waals surface area (Å²) in [6, 6.07) is 14.8. The predicted molar refractivity (Wildman–Crippen MR) is 104 cm³/mol. The highest BCUT2D eigenvalue weighted by Crippen LogP contribution is 2.48. The van der Waals surface area contributed by atoms with Gasteiger partial charge in [-0.25, -0.2) is 4.68 Å². The number of hydrogen-bond acceptors (Lipinski definition) is 6. The number of methoxy groups -OCH3 is 1. The number of aliphatic hydroxyl groups is 1. The minimum Gasteiger partial charge on any atom is -0.496 e. The summed E-state index contributed by atoms with van der Waals surface area (Å²) in [7, 11) is 1.64. The summed E-state index contributed by atoms with van der Waals surface area (Å²) in [5, 5.41) is 30.8. The Balaban J connectivity index is 1.73. The van der Waals surface area contributed by atoms with Crippen molar-refractivity contribution in [2.24, 2.45) is 0 Å². The van der Waals surface area contributed by atoms with E-state index >= 15 is 0 Å². The molecule has 2 aromatic heterocycles. The average molecular weight is 376 g/mol. The van der Waals surface area contributed by atoms with E-state index in [-0.39, 0.29) is 6.04 Å². The molecule has 3 N–H and O–H groups in total. The standard InChI is InChI=1S/C20H20N6O2/c1-11-16-19(27)18(26-14-9-5-4-8-13(14)23-25-26)17(21-20(16)24-22-11)12-7-3-6-10-15(12)28-2/h3-10,17-19,27H,1-2H3,(H2,21,22,24)/t17-,18-,19-/m1/s1. The molecule has 3 heterocycles. The molecular weight excluding hydrogens is 356 g/mol. The Hall–Kier alpha value is -3.39. The van der Waals surface area contributed by atoms with Gasteiger partial charge in [0.15, 0.2) is 5.82 Å². The molecule has 28 heavy (non-hydrogen) atoms. The monoisotopic (exact) mass is 376 g/mol. The number of nitrogens with zero attached hydrogens (tertiary/aromatic N) is 4. The van der Waals surface area contributed by atoms with Crippen LogP contribution in [0.15, 0.2) is 48.5 Å². The first-order valence-electron chi connectivity index (χ1n) is 9.11. The molecule has 0 spiro atoms. The van der Waals surface area contributed by atoms with E-state index in [1.54, 1.807) is 11.8 Å². The van der Waals surface area contributed by atoms with Gasteiger partial charge in [0.1, 0.15) is 23.4 Å². The van der Waals surface area contributed by atoms with E-state index in [9.17, 15) is 5.11 Å². The van der Waals surface area contributed by atoms with Crippen molar-refractivity contribution in [1.29, 1.82) is 0 Å². The molecule has 0 unspecified atom stereocenters.